The Balaban J connectivity index is 3.07. The molecule has 0 saturated carbocycles. The lowest BCUT2D eigenvalue weighted by molar-refractivity contribution is -0.155. The van der Waals surface area contributed by atoms with Crippen LogP contribution in [0.5, 0.6) is 0 Å². The van der Waals surface area contributed by atoms with E-state index in [1.165, 1.54) is 0 Å². The molecule has 0 radical (unpaired) electrons. The fourth-order valence-corrected chi connectivity index (χ4v) is 2.11. The average Bonchev–Trinajstić information content (AvgIpc) is 2.22. The minimum atomic E-state index is -0.402. The standard InChI is InChI=1S/C12H22N2O2/c1-6-9-10(15)13-8(3)11(16)14(9)12(4,5)7-2/h8-9H,6-7H2,1-5H3,(H,13,15). The highest BCUT2D eigenvalue weighted by Crippen LogP contribution is 2.26. The molecule has 0 bridgehead atoms. The smallest absolute Gasteiger partial charge is 0.245 e. The molecule has 0 aromatic heterocycles. The van der Waals surface area contributed by atoms with Crippen LogP contribution < -0.4 is 5.32 Å². The number of carbonyl (C=O) groups is 2. The van der Waals surface area contributed by atoms with Gasteiger partial charge in [-0.05, 0) is 33.6 Å². The molecule has 1 aliphatic heterocycles. The summed E-state index contributed by atoms with van der Waals surface area (Å²) < 4.78 is 0. The van der Waals surface area contributed by atoms with Gasteiger partial charge in [-0.1, -0.05) is 13.8 Å². The highest BCUT2D eigenvalue weighted by atomic mass is 16.2. The van der Waals surface area contributed by atoms with E-state index in [-0.39, 0.29) is 23.4 Å². The molecule has 1 N–H and O–H groups in total. The number of amides is 2. The van der Waals surface area contributed by atoms with Gasteiger partial charge in [-0.15, -0.1) is 0 Å². The number of rotatable bonds is 3. The Labute approximate surface area is 97.4 Å². The summed E-state index contributed by atoms with van der Waals surface area (Å²) in [6.45, 7) is 9.74. The Morgan fingerprint density at radius 3 is 2.31 bits per heavy atom. The van der Waals surface area contributed by atoms with Gasteiger partial charge in [-0.25, -0.2) is 0 Å². The molecule has 0 aromatic rings. The molecular formula is C12H22N2O2. The summed E-state index contributed by atoms with van der Waals surface area (Å²) in [6.07, 6.45) is 1.50. The normalized spacial score (nSPS) is 26.9. The Hall–Kier alpha value is -1.06. The van der Waals surface area contributed by atoms with Crippen molar-refractivity contribution in [3.8, 4) is 0 Å². The molecule has 4 heteroatoms. The fraction of sp³-hybridized carbons (Fsp3) is 0.833. The van der Waals surface area contributed by atoms with Gasteiger partial charge in [0.15, 0.2) is 0 Å². The van der Waals surface area contributed by atoms with Crippen LogP contribution in [0.4, 0.5) is 0 Å². The number of hydrogen-bond acceptors (Lipinski definition) is 2. The quantitative estimate of drug-likeness (QED) is 0.788. The first-order valence-electron chi connectivity index (χ1n) is 5.98. The van der Waals surface area contributed by atoms with Gasteiger partial charge in [-0.3, -0.25) is 9.59 Å². The predicted molar refractivity (Wildman–Crippen MR) is 62.9 cm³/mol. The van der Waals surface area contributed by atoms with Crippen molar-refractivity contribution in [1.82, 2.24) is 10.2 Å². The summed E-state index contributed by atoms with van der Waals surface area (Å²) in [5.41, 5.74) is -0.260. The van der Waals surface area contributed by atoms with Crippen LogP contribution in [0.3, 0.4) is 0 Å². The predicted octanol–water partition coefficient (Wildman–Crippen LogP) is 1.30. The van der Waals surface area contributed by atoms with Gasteiger partial charge >= 0.3 is 0 Å². The maximum absolute atomic E-state index is 12.2. The van der Waals surface area contributed by atoms with E-state index >= 15 is 0 Å². The van der Waals surface area contributed by atoms with Gasteiger partial charge in [0.2, 0.25) is 11.8 Å². The maximum Gasteiger partial charge on any atom is 0.245 e. The zero-order chi connectivity index (χ0) is 12.5. The van der Waals surface area contributed by atoms with E-state index in [9.17, 15) is 9.59 Å². The van der Waals surface area contributed by atoms with E-state index in [2.05, 4.69) is 5.32 Å². The van der Waals surface area contributed by atoms with E-state index < -0.39 is 6.04 Å². The largest absolute Gasteiger partial charge is 0.343 e. The zero-order valence-electron chi connectivity index (χ0n) is 10.8. The third kappa shape index (κ3) is 2.06. The van der Waals surface area contributed by atoms with Gasteiger partial charge in [0.25, 0.3) is 0 Å². The van der Waals surface area contributed by atoms with Crippen LogP contribution in [-0.4, -0.2) is 34.3 Å². The molecule has 0 spiro atoms. The monoisotopic (exact) mass is 226 g/mol. The number of hydrogen-bond donors (Lipinski definition) is 1. The van der Waals surface area contributed by atoms with Crippen molar-refractivity contribution in [2.45, 2.75) is 65.1 Å². The van der Waals surface area contributed by atoms with Gasteiger partial charge in [0.05, 0.1) is 0 Å². The number of carbonyl (C=O) groups excluding carboxylic acids is 2. The third-order valence-electron chi connectivity index (χ3n) is 3.49. The second-order valence-electron chi connectivity index (χ2n) is 5.03. The highest BCUT2D eigenvalue weighted by Gasteiger charge is 2.43. The van der Waals surface area contributed by atoms with Crippen molar-refractivity contribution >= 4 is 11.8 Å². The van der Waals surface area contributed by atoms with Crippen LogP contribution in [0.2, 0.25) is 0 Å². The molecule has 2 unspecified atom stereocenters. The molecule has 2 atom stereocenters. The summed E-state index contributed by atoms with van der Waals surface area (Å²) in [6, 6.07) is -0.722. The number of nitrogens with zero attached hydrogens (tertiary/aromatic N) is 1. The first-order valence-corrected chi connectivity index (χ1v) is 5.98. The lowest BCUT2D eigenvalue weighted by atomic mass is 9.92. The first kappa shape index (κ1) is 13.0. The molecule has 16 heavy (non-hydrogen) atoms. The van der Waals surface area contributed by atoms with Crippen LogP contribution in [-0.2, 0) is 9.59 Å². The Bertz CT molecular complexity index is 299. The highest BCUT2D eigenvalue weighted by molar-refractivity contribution is 5.97. The Morgan fingerprint density at radius 2 is 1.88 bits per heavy atom. The topological polar surface area (TPSA) is 49.4 Å². The molecule has 2 amide bonds. The van der Waals surface area contributed by atoms with Gasteiger partial charge in [-0.2, -0.15) is 0 Å². The molecule has 1 rings (SSSR count). The van der Waals surface area contributed by atoms with Crippen LogP contribution in [0.25, 0.3) is 0 Å². The van der Waals surface area contributed by atoms with E-state index in [0.29, 0.717) is 6.42 Å². The molecule has 92 valence electrons. The lowest BCUT2D eigenvalue weighted by Gasteiger charge is -2.47. The van der Waals surface area contributed by atoms with E-state index in [1.54, 1.807) is 11.8 Å². The maximum atomic E-state index is 12.2. The SMILES string of the molecule is CCC1C(=O)NC(C)C(=O)N1C(C)(C)CC. The van der Waals surface area contributed by atoms with E-state index in [0.717, 1.165) is 6.42 Å². The van der Waals surface area contributed by atoms with Gasteiger partial charge in [0.1, 0.15) is 12.1 Å². The lowest BCUT2D eigenvalue weighted by Crippen LogP contribution is -2.67. The molecule has 1 saturated heterocycles. The van der Waals surface area contributed by atoms with Crippen LogP contribution >= 0.6 is 0 Å². The van der Waals surface area contributed by atoms with Crippen molar-refractivity contribution < 1.29 is 9.59 Å². The van der Waals surface area contributed by atoms with E-state index in [4.69, 9.17) is 0 Å². The first-order chi connectivity index (χ1) is 7.35. The Kier molecular flexibility index (Phi) is 3.61. The molecule has 1 heterocycles. The zero-order valence-corrected chi connectivity index (χ0v) is 10.8. The van der Waals surface area contributed by atoms with Crippen molar-refractivity contribution in [3.63, 3.8) is 0 Å². The summed E-state index contributed by atoms with van der Waals surface area (Å²) in [4.78, 5) is 25.8. The van der Waals surface area contributed by atoms with Crippen molar-refractivity contribution in [1.29, 1.82) is 0 Å². The summed E-state index contributed by atoms with van der Waals surface area (Å²) in [5, 5.41) is 2.73. The molecule has 1 fully saturated rings. The second kappa shape index (κ2) is 4.44. The van der Waals surface area contributed by atoms with Crippen molar-refractivity contribution in [2.75, 3.05) is 0 Å². The summed E-state index contributed by atoms with van der Waals surface area (Å²) in [7, 11) is 0. The molecule has 1 aliphatic rings. The molecule has 0 aromatic carbocycles. The van der Waals surface area contributed by atoms with Crippen molar-refractivity contribution in [3.05, 3.63) is 0 Å². The Morgan fingerprint density at radius 1 is 1.31 bits per heavy atom. The second-order valence-corrected chi connectivity index (χ2v) is 5.03. The van der Waals surface area contributed by atoms with Gasteiger partial charge in [0, 0.05) is 5.54 Å². The van der Waals surface area contributed by atoms with Crippen LogP contribution in [0.15, 0.2) is 0 Å². The summed E-state index contributed by atoms with van der Waals surface area (Å²) in [5.74, 6) is -0.00516. The van der Waals surface area contributed by atoms with Crippen LogP contribution in [0.1, 0.15) is 47.5 Å². The minimum absolute atomic E-state index is 0.0262. The average molecular weight is 226 g/mol. The molecular weight excluding hydrogens is 204 g/mol. The fourth-order valence-electron chi connectivity index (χ4n) is 2.11. The molecule has 0 aliphatic carbocycles. The number of nitrogens with one attached hydrogen (secondary N) is 1. The van der Waals surface area contributed by atoms with Crippen molar-refractivity contribution in [2.24, 2.45) is 0 Å². The minimum Gasteiger partial charge on any atom is -0.343 e. The summed E-state index contributed by atoms with van der Waals surface area (Å²) >= 11 is 0. The van der Waals surface area contributed by atoms with E-state index in [1.807, 2.05) is 27.7 Å². The molecule has 4 nitrogen and oxygen atoms in total. The van der Waals surface area contributed by atoms with Crippen LogP contribution in [0, 0.1) is 0 Å². The third-order valence-corrected chi connectivity index (χ3v) is 3.49. The number of piperazine rings is 1. The van der Waals surface area contributed by atoms with Gasteiger partial charge < -0.3 is 10.2 Å².